The highest BCUT2D eigenvalue weighted by molar-refractivity contribution is 8.14. The fourth-order valence-corrected chi connectivity index (χ4v) is 3.64. The summed E-state index contributed by atoms with van der Waals surface area (Å²) in [5.41, 5.74) is 0.639. The van der Waals surface area contributed by atoms with Crippen molar-refractivity contribution in [2.75, 3.05) is 11.1 Å². The number of nitrogens with zero attached hydrogens (tertiary/aromatic N) is 1. The number of benzene rings is 1. The number of anilines is 1. The first kappa shape index (κ1) is 14.4. The molecule has 0 aliphatic carbocycles. The van der Waals surface area contributed by atoms with Crippen molar-refractivity contribution in [3.05, 3.63) is 18.2 Å². The maximum atomic E-state index is 13.0. The van der Waals surface area contributed by atoms with Crippen LogP contribution in [0.5, 0.6) is 11.5 Å². The Morgan fingerprint density at radius 3 is 2.62 bits per heavy atom. The lowest BCUT2D eigenvalue weighted by atomic mass is 9.97. The lowest BCUT2D eigenvalue weighted by Crippen LogP contribution is -2.25. The number of fused-ring (bicyclic) bond motifs is 1. The number of thioether (sulfide) groups is 1. The lowest BCUT2D eigenvalue weighted by molar-refractivity contribution is -0.286. The SMILES string of the molecule is CCC1(CC)CSC(Nc2ccc3c(c2)OC(F)(F)O3)=N1. The molecule has 7 heteroatoms. The summed E-state index contributed by atoms with van der Waals surface area (Å²) >= 11 is 1.65. The number of alkyl halides is 2. The van der Waals surface area contributed by atoms with Crippen LogP contribution in [-0.4, -0.2) is 22.8 Å². The third-order valence-electron chi connectivity index (χ3n) is 3.79. The summed E-state index contributed by atoms with van der Waals surface area (Å²) in [4.78, 5) is 4.72. The van der Waals surface area contributed by atoms with Crippen LogP contribution < -0.4 is 14.8 Å². The van der Waals surface area contributed by atoms with Crippen LogP contribution in [0.15, 0.2) is 23.2 Å². The van der Waals surface area contributed by atoms with E-state index in [1.54, 1.807) is 17.8 Å². The van der Waals surface area contributed by atoms with Crippen molar-refractivity contribution in [1.29, 1.82) is 0 Å². The molecule has 0 bridgehead atoms. The molecule has 0 saturated heterocycles. The molecule has 0 atom stereocenters. The predicted octanol–water partition coefficient (Wildman–Crippen LogP) is 4.08. The van der Waals surface area contributed by atoms with E-state index in [9.17, 15) is 8.78 Å². The molecule has 114 valence electrons. The zero-order chi connectivity index (χ0) is 15.1. The molecule has 2 aliphatic heterocycles. The van der Waals surface area contributed by atoms with E-state index < -0.39 is 6.29 Å². The number of ether oxygens (including phenoxy) is 2. The molecule has 3 rings (SSSR count). The molecule has 0 radical (unpaired) electrons. The minimum Gasteiger partial charge on any atom is -0.395 e. The molecule has 2 heterocycles. The maximum Gasteiger partial charge on any atom is 0.586 e. The summed E-state index contributed by atoms with van der Waals surface area (Å²) in [6.07, 6.45) is -1.62. The van der Waals surface area contributed by atoms with Crippen LogP contribution >= 0.6 is 11.8 Å². The van der Waals surface area contributed by atoms with Crippen LogP contribution in [0.4, 0.5) is 14.5 Å². The molecule has 0 saturated carbocycles. The van der Waals surface area contributed by atoms with Crippen LogP contribution in [-0.2, 0) is 0 Å². The quantitative estimate of drug-likeness (QED) is 0.913. The number of rotatable bonds is 3. The van der Waals surface area contributed by atoms with Gasteiger partial charge in [0, 0.05) is 17.5 Å². The van der Waals surface area contributed by atoms with Gasteiger partial charge in [-0.05, 0) is 25.0 Å². The molecule has 0 aromatic heterocycles. The number of amidine groups is 1. The van der Waals surface area contributed by atoms with Gasteiger partial charge in [0.05, 0.1) is 5.54 Å². The molecule has 0 fully saturated rings. The van der Waals surface area contributed by atoms with Gasteiger partial charge in [-0.25, -0.2) is 0 Å². The minimum atomic E-state index is -3.58. The number of aliphatic imine (C=N–C) groups is 1. The van der Waals surface area contributed by atoms with E-state index in [1.807, 2.05) is 0 Å². The molecular weight excluding hydrogens is 298 g/mol. The van der Waals surface area contributed by atoms with Crippen molar-refractivity contribution in [2.45, 2.75) is 38.5 Å². The van der Waals surface area contributed by atoms with Gasteiger partial charge in [0.15, 0.2) is 16.7 Å². The third kappa shape index (κ3) is 2.79. The first-order valence-corrected chi connectivity index (χ1v) is 7.83. The van der Waals surface area contributed by atoms with Gasteiger partial charge in [-0.3, -0.25) is 4.99 Å². The van der Waals surface area contributed by atoms with Gasteiger partial charge in [0.25, 0.3) is 0 Å². The number of halogens is 2. The monoisotopic (exact) mass is 314 g/mol. The maximum absolute atomic E-state index is 13.0. The van der Waals surface area contributed by atoms with Crippen molar-refractivity contribution in [2.24, 2.45) is 4.99 Å². The predicted molar refractivity (Wildman–Crippen MR) is 79.5 cm³/mol. The van der Waals surface area contributed by atoms with E-state index in [-0.39, 0.29) is 17.0 Å². The Hall–Kier alpha value is -1.50. The Morgan fingerprint density at radius 1 is 1.24 bits per heavy atom. The first-order chi connectivity index (χ1) is 9.95. The molecule has 0 amide bonds. The van der Waals surface area contributed by atoms with E-state index in [0.717, 1.165) is 23.8 Å². The Kier molecular flexibility index (Phi) is 3.47. The summed E-state index contributed by atoms with van der Waals surface area (Å²) in [6.45, 7) is 4.25. The molecule has 1 aromatic rings. The fourth-order valence-electron chi connectivity index (χ4n) is 2.31. The van der Waals surface area contributed by atoms with Crippen molar-refractivity contribution >= 4 is 22.6 Å². The molecule has 0 spiro atoms. The van der Waals surface area contributed by atoms with Crippen LogP contribution in [0.3, 0.4) is 0 Å². The summed E-state index contributed by atoms with van der Waals surface area (Å²) in [5, 5.41) is 3.96. The lowest BCUT2D eigenvalue weighted by Gasteiger charge is -2.20. The normalized spacial score (nSPS) is 21.2. The Bertz CT molecular complexity index is 588. The van der Waals surface area contributed by atoms with Gasteiger partial charge in [0.1, 0.15) is 0 Å². The Labute approximate surface area is 125 Å². The summed E-state index contributed by atoms with van der Waals surface area (Å²) in [5.74, 6) is 1.01. The Balaban J connectivity index is 1.76. The van der Waals surface area contributed by atoms with E-state index >= 15 is 0 Å². The summed E-state index contributed by atoms with van der Waals surface area (Å²) < 4.78 is 34.8. The van der Waals surface area contributed by atoms with Crippen LogP contribution in [0.1, 0.15) is 26.7 Å². The molecule has 4 nitrogen and oxygen atoms in total. The average molecular weight is 314 g/mol. The second-order valence-electron chi connectivity index (χ2n) is 5.09. The number of hydrogen-bond donors (Lipinski definition) is 1. The minimum absolute atomic E-state index is 0.0175. The van der Waals surface area contributed by atoms with Crippen molar-refractivity contribution in [3.8, 4) is 11.5 Å². The largest absolute Gasteiger partial charge is 0.586 e. The first-order valence-electron chi connectivity index (χ1n) is 6.85. The van der Waals surface area contributed by atoms with Crippen molar-refractivity contribution in [3.63, 3.8) is 0 Å². The van der Waals surface area contributed by atoms with Gasteiger partial charge >= 0.3 is 6.29 Å². The highest BCUT2D eigenvalue weighted by Crippen LogP contribution is 2.42. The van der Waals surface area contributed by atoms with E-state index in [0.29, 0.717) is 5.69 Å². The van der Waals surface area contributed by atoms with Gasteiger partial charge in [-0.1, -0.05) is 25.6 Å². The molecule has 2 aliphatic rings. The molecular formula is C14H16F2N2O2S. The topological polar surface area (TPSA) is 42.8 Å². The van der Waals surface area contributed by atoms with E-state index in [4.69, 9.17) is 4.99 Å². The molecule has 1 N–H and O–H groups in total. The molecule has 21 heavy (non-hydrogen) atoms. The van der Waals surface area contributed by atoms with Crippen molar-refractivity contribution in [1.82, 2.24) is 0 Å². The molecule has 0 unspecified atom stereocenters. The van der Waals surface area contributed by atoms with E-state index in [2.05, 4.69) is 28.6 Å². The fraction of sp³-hybridized carbons (Fsp3) is 0.500. The smallest absolute Gasteiger partial charge is 0.395 e. The van der Waals surface area contributed by atoms with Crippen LogP contribution in [0.2, 0.25) is 0 Å². The van der Waals surface area contributed by atoms with Gasteiger partial charge < -0.3 is 14.8 Å². The highest BCUT2D eigenvalue weighted by atomic mass is 32.2. The highest BCUT2D eigenvalue weighted by Gasteiger charge is 2.43. The second-order valence-corrected chi connectivity index (χ2v) is 6.06. The van der Waals surface area contributed by atoms with Crippen LogP contribution in [0, 0.1) is 0 Å². The van der Waals surface area contributed by atoms with Gasteiger partial charge in [-0.2, -0.15) is 0 Å². The Morgan fingerprint density at radius 2 is 1.95 bits per heavy atom. The van der Waals surface area contributed by atoms with E-state index in [1.165, 1.54) is 12.1 Å². The number of nitrogens with one attached hydrogen (secondary N) is 1. The zero-order valence-corrected chi connectivity index (χ0v) is 12.6. The number of hydrogen-bond acceptors (Lipinski definition) is 5. The summed E-state index contributed by atoms with van der Waals surface area (Å²) in [7, 11) is 0. The van der Waals surface area contributed by atoms with Crippen LogP contribution in [0.25, 0.3) is 0 Å². The van der Waals surface area contributed by atoms with Gasteiger partial charge in [-0.15, -0.1) is 8.78 Å². The third-order valence-corrected chi connectivity index (χ3v) is 4.93. The standard InChI is InChI=1S/C14H16F2N2O2S/c1-3-13(4-2)8-21-12(18-13)17-9-5-6-10-11(7-9)20-14(15,16)19-10/h5-7H,3-4,8H2,1-2H3,(H,17,18). The van der Waals surface area contributed by atoms with Crippen molar-refractivity contribution < 1.29 is 18.3 Å². The van der Waals surface area contributed by atoms with Gasteiger partial charge in [0.2, 0.25) is 0 Å². The average Bonchev–Trinajstić information content (AvgIpc) is 2.98. The molecule has 1 aromatic carbocycles. The second kappa shape index (κ2) is 5.05. The summed E-state index contributed by atoms with van der Waals surface area (Å²) in [6, 6.07) is 4.63. The zero-order valence-electron chi connectivity index (χ0n) is 11.8.